The van der Waals surface area contributed by atoms with Crippen molar-refractivity contribution in [2.75, 3.05) is 33.7 Å². The number of hydrogen-bond donors (Lipinski definition) is 2. The molecule has 1 unspecified atom stereocenters. The van der Waals surface area contributed by atoms with Crippen LogP contribution in [0.25, 0.3) is 0 Å². The van der Waals surface area contributed by atoms with Crippen LogP contribution in [-0.2, 0) is 4.79 Å². The largest absolute Gasteiger partial charge is 0.359 e. The Kier molecular flexibility index (Phi) is 4.40. The van der Waals surface area contributed by atoms with Gasteiger partial charge in [0.15, 0.2) is 0 Å². The van der Waals surface area contributed by atoms with Crippen LogP contribution in [0.15, 0.2) is 0 Å². The Morgan fingerprint density at radius 3 is 2.71 bits per heavy atom. The standard InChI is InChI=1S/C13H25N3O/c1-14-13(17)11-3-6-15-12(11)9-10-4-7-16(2)8-5-10/h10-12,15H,3-9H2,1-2H3,(H,14,17)/t11-,12?/m1/s1. The average Bonchev–Trinajstić information content (AvgIpc) is 2.79. The predicted octanol–water partition coefficient (Wildman–Crippen LogP) is 0.442. The van der Waals surface area contributed by atoms with Gasteiger partial charge in [-0.25, -0.2) is 0 Å². The Hall–Kier alpha value is -0.610. The first-order valence-electron chi connectivity index (χ1n) is 6.84. The number of likely N-dealkylation sites (tertiary alicyclic amines) is 1. The van der Waals surface area contributed by atoms with Gasteiger partial charge in [0.25, 0.3) is 0 Å². The molecule has 0 saturated carbocycles. The third-order valence-electron chi connectivity index (χ3n) is 4.36. The van der Waals surface area contributed by atoms with Crippen LogP contribution in [0.1, 0.15) is 25.7 Å². The highest BCUT2D eigenvalue weighted by molar-refractivity contribution is 5.79. The summed E-state index contributed by atoms with van der Waals surface area (Å²) in [5.41, 5.74) is 0. The van der Waals surface area contributed by atoms with Gasteiger partial charge in [0.05, 0.1) is 5.92 Å². The molecule has 4 heteroatoms. The van der Waals surface area contributed by atoms with Gasteiger partial charge in [-0.2, -0.15) is 0 Å². The number of nitrogens with zero attached hydrogens (tertiary/aromatic N) is 1. The van der Waals surface area contributed by atoms with Crippen LogP contribution in [0.5, 0.6) is 0 Å². The Labute approximate surface area is 104 Å². The van der Waals surface area contributed by atoms with Gasteiger partial charge < -0.3 is 15.5 Å². The van der Waals surface area contributed by atoms with Crippen LogP contribution in [0, 0.1) is 11.8 Å². The number of carbonyl (C=O) groups excluding carboxylic acids is 1. The zero-order valence-corrected chi connectivity index (χ0v) is 11.0. The molecule has 0 spiro atoms. The molecule has 2 aliphatic heterocycles. The van der Waals surface area contributed by atoms with Crippen LogP contribution in [0.2, 0.25) is 0 Å². The van der Waals surface area contributed by atoms with Crippen molar-refractivity contribution < 1.29 is 4.79 Å². The van der Waals surface area contributed by atoms with Crippen LogP contribution in [0.3, 0.4) is 0 Å². The number of piperidine rings is 1. The molecule has 0 aromatic rings. The molecule has 2 aliphatic rings. The summed E-state index contributed by atoms with van der Waals surface area (Å²) in [6, 6.07) is 0.406. The van der Waals surface area contributed by atoms with Gasteiger partial charge in [-0.15, -0.1) is 0 Å². The molecular formula is C13H25N3O. The van der Waals surface area contributed by atoms with Crippen molar-refractivity contribution in [2.24, 2.45) is 11.8 Å². The summed E-state index contributed by atoms with van der Waals surface area (Å²) in [5.74, 6) is 1.21. The van der Waals surface area contributed by atoms with E-state index in [0.29, 0.717) is 6.04 Å². The zero-order valence-electron chi connectivity index (χ0n) is 11.0. The topological polar surface area (TPSA) is 44.4 Å². The lowest BCUT2D eigenvalue weighted by Crippen LogP contribution is -2.40. The molecular weight excluding hydrogens is 214 g/mol. The Morgan fingerprint density at radius 1 is 1.35 bits per heavy atom. The monoisotopic (exact) mass is 239 g/mol. The SMILES string of the molecule is CNC(=O)[C@@H]1CCNC1CC1CCN(C)CC1. The van der Waals surface area contributed by atoms with E-state index in [0.717, 1.165) is 18.9 Å². The Bertz CT molecular complexity index is 261. The number of carbonyl (C=O) groups is 1. The zero-order chi connectivity index (χ0) is 12.3. The van der Waals surface area contributed by atoms with Crippen molar-refractivity contribution in [1.29, 1.82) is 0 Å². The van der Waals surface area contributed by atoms with Crippen molar-refractivity contribution >= 4 is 5.91 Å². The van der Waals surface area contributed by atoms with E-state index in [1.807, 2.05) is 0 Å². The first-order valence-corrected chi connectivity index (χ1v) is 6.84. The number of hydrogen-bond acceptors (Lipinski definition) is 3. The first-order chi connectivity index (χ1) is 8.20. The Balaban J connectivity index is 1.83. The van der Waals surface area contributed by atoms with E-state index in [4.69, 9.17) is 0 Å². The van der Waals surface area contributed by atoms with Crippen molar-refractivity contribution in [3.8, 4) is 0 Å². The molecule has 98 valence electrons. The Morgan fingerprint density at radius 2 is 2.06 bits per heavy atom. The molecule has 4 nitrogen and oxygen atoms in total. The fraction of sp³-hybridized carbons (Fsp3) is 0.923. The van der Waals surface area contributed by atoms with Gasteiger partial charge in [-0.1, -0.05) is 0 Å². The second kappa shape index (κ2) is 5.83. The molecule has 2 atom stereocenters. The highest BCUT2D eigenvalue weighted by Crippen LogP contribution is 2.27. The first kappa shape index (κ1) is 12.8. The summed E-state index contributed by atoms with van der Waals surface area (Å²) in [7, 11) is 3.94. The van der Waals surface area contributed by atoms with Crippen LogP contribution in [0.4, 0.5) is 0 Å². The van der Waals surface area contributed by atoms with E-state index in [2.05, 4.69) is 22.6 Å². The van der Waals surface area contributed by atoms with Gasteiger partial charge >= 0.3 is 0 Å². The second-order valence-electron chi connectivity index (χ2n) is 5.55. The summed E-state index contributed by atoms with van der Waals surface area (Å²) >= 11 is 0. The lowest BCUT2D eigenvalue weighted by atomic mass is 9.86. The molecule has 17 heavy (non-hydrogen) atoms. The number of nitrogens with one attached hydrogen (secondary N) is 2. The molecule has 0 bridgehead atoms. The smallest absolute Gasteiger partial charge is 0.224 e. The molecule has 0 aliphatic carbocycles. The van der Waals surface area contributed by atoms with Crippen LogP contribution in [-0.4, -0.2) is 50.6 Å². The lowest BCUT2D eigenvalue weighted by molar-refractivity contribution is -0.124. The van der Waals surface area contributed by atoms with Crippen molar-refractivity contribution in [3.05, 3.63) is 0 Å². The second-order valence-corrected chi connectivity index (χ2v) is 5.55. The van der Waals surface area contributed by atoms with Crippen LogP contribution >= 0.6 is 0 Å². The summed E-state index contributed by atoms with van der Waals surface area (Å²) < 4.78 is 0. The average molecular weight is 239 g/mol. The molecule has 0 aromatic heterocycles. The van der Waals surface area contributed by atoms with E-state index in [9.17, 15) is 4.79 Å². The molecule has 2 fully saturated rings. The third-order valence-corrected chi connectivity index (χ3v) is 4.36. The van der Waals surface area contributed by atoms with E-state index >= 15 is 0 Å². The van der Waals surface area contributed by atoms with Crippen molar-refractivity contribution in [1.82, 2.24) is 15.5 Å². The fourth-order valence-corrected chi connectivity index (χ4v) is 3.17. The predicted molar refractivity (Wildman–Crippen MR) is 68.8 cm³/mol. The quantitative estimate of drug-likeness (QED) is 0.751. The summed E-state index contributed by atoms with van der Waals surface area (Å²) in [5, 5.41) is 6.30. The highest BCUT2D eigenvalue weighted by Gasteiger charge is 2.34. The minimum atomic E-state index is 0.194. The molecule has 1 amide bonds. The summed E-state index contributed by atoms with van der Waals surface area (Å²) in [4.78, 5) is 14.2. The maximum Gasteiger partial charge on any atom is 0.224 e. The van der Waals surface area contributed by atoms with E-state index in [1.165, 1.54) is 32.4 Å². The highest BCUT2D eigenvalue weighted by atomic mass is 16.1. The van der Waals surface area contributed by atoms with E-state index in [-0.39, 0.29) is 11.8 Å². The number of amides is 1. The van der Waals surface area contributed by atoms with E-state index in [1.54, 1.807) is 7.05 Å². The fourth-order valence-electron chi connectivity index (χ4n) is 3.17. The molecule has 2 rings (SSSR count). The molecule has 2 N–H and O–H groups in total. The number of rotatable bonds is 3. The molecule has 2 heterocycles. The lowest BCUT2D eigenvalue weighted by Gasteiger charge is -2.31. The molecule has 0 aromatic carbocycles. The maximum absolute atomic E-state index is 11.8. The van der Waals surface area contributed by atoms with Crippen molar-refractivity contribution in [3.63, 3.8) is 0 Å². The summed E-state index contributed by atoms with van der Waals surface area (Å²) in [6.07, 6.45) is 4.74. The van der Waals surface area contributed by atoms with Gasteiger partial charge in [0.2, 0.25) is 5.91 Å². The van der Waals surface area contributed by atoms with Gasteiger partial charge in [0, 0.05) is 13.1 Å². The minimum Gasteiger partial charge on any atom is -0.359 e. The van der Waals surface area contributed by atoms with Gasteiger partial charge in [0.1, 0.15) is 0 Å². The van der Waals surface area contributed by atoms with Gasteiger partial charge in [-0.05, 0) is 58.3 Å². The molecule has 0 radical (unpaired) electrons. The van der Waals surface area contributed by atoms with Gasteiger partial charge in [-0.3, -0.25) is 4.79 Å². The molecule has 2 saturated heterocycles. The normalized spacial score (nSPS) is 31.6. The third kappa shape index (κ3) is 3.19. The van der Waals surface area contributed by atoms with Crippen molar-refractivity contribution in [2.45, 2.75) is 31.7 Å². The minimum absolute atomic E-state index is 0.194. The van der Waals surface area contributed by atoms with E-state index < -0.39 is 0 Å². The maximum atomic E-state index is 11.8. The summed E-state index contributed by atoms with van der Waals surface area (Å²) in [6.45, 7) is 3.42. The van der Waals surface area contributed by atoms with Crippen LogP contribution < -0.4 is 10.6 Å².